The molecule has 0 saturated carbocycles. The first-order valence-corrected chi connectivity index (χ1v) is 9.81. The van der Waals surface area contributed by atoms with Gasteiger partial charge in [0.25, 0.3) is 0 Å². The topological polar surface area (TPSA) is 34.0 Å². The van der Waals surface area contributed by atoms with E-state index in [2.05, 4.69) is 15.0 Å². The van der Waals surface area contributed by atoms with Gasteiger partial charge in [0.15, 0.2) is 0 Å². The van der Waals surface area contributed by atoms with Gasteiger partial charge in [0.2, 0.25) is 0 Å². The molecule has 1 saturated heterocycles. The van der Waals surface area contributed by atoms with Gasteiger partial charge in [-0.1, -0.05) is 0 Å². The van der Waals surface area contributed by atoms with Crippen molar-refractivity contribution >= 4 is 11.3 Å². The molecule has 3 heterocycles. The number of hydrogen-bond acceptors (Lipinski definition) is 4. The summed E-state index contributed by atoms with van der Waals surface area (Å²) in [7, 11) is 0. The summed E-state index contributed by atoms with van der Waals surface area (Å²) < 4.78 is 53.7. The predicted octanol–water partition coefficient (Wildman–Crippen LogP) is 5.00. The molecule has 1 aromatic carbocycles. The minimum atomic E-state index is -4.41. The van der Waals surface area contributed by atoms with Gasteiger partial charge in [0, 0.05) is 30.2 Å². The van der Waals surface area contributed by atoms with Crippen molar-refractivity contribution in [2.24, 2.45) is 0 Å². The van der Waals surface area contributed by atoms with E-state index in [4.69, 9.17) is 0 Å². The molecule has 9 heteroatoms. The molecule has 1 atom stereocenters. The van der Waals surface area contributed by atoms with Gasteiger partial charge in [-0.2, -0.15) is 18.3 Å². The maximum absolute atomic E-state index is 13.2. The average molecular weight is 410 g/mol. The molecule has 28 heavy (non-hydrogen) atoms. The Kier molecular flexibility index (Phi) is 5.20. The first-order chi connectivity index (χ1) is 13.4. The van der Waals surface area contributed by atoms with Crippen molar-refractivity contribution in [3.8, 4) is 10.6 Å². The number of hydrogen-bond donors (Lipinski definition) is 0. The second-order valence-electron chi connectivity index (χ2n) is 6.84. The highest BCUT2D eigenvalue weighted by atomic mass is 32.1. The Morgan fingerprint density at radius 1 is 1.14 bits per heavy atom. The summed E-state index contributed by atoms with van der Waals surface area (Å²) in [6.07, 6.45) is -1.73. The van der Waals surface area contributed by atoms with E-state index in [1.165, 1.54) is 29.7 Å². The van der Waals surface area contributed by atoms with Crippen molar-refractivity contribution in [3.05, 3.63) is 59.1 Å². The molecule has 0 spiro atoms. The van der Waals surface area contributed by atoms with Crippen molar-refractivity contribution in [3.63, 3.8) is 0 Å². The van der Waals surface area contributed by atoms with Crippen LogP contribution in [0.15, 0.2) is 41.9 Å². The highest BCUT2D eigenvalue weighted by molar-refractivity contribution is 7.13. The van der Waals surface area contributed by atoms with Crippen LogP contribution in [0.4, 0.5) is 17.6 Å². The van der Waals surface area contributed by atoms with Crippen LogP contribution in [0.2, 0.25) is 0 Å². The van der Waals surface area contributed by atoms with Crippen LogP contribution in [0.25, 0.3) is 10.6 Å². The summed E-state index contributed by atoms with van der Waals surface area (Å²) in [5, 5.41) is 6.67. The molecule has 3 aromatic rings. The van der Waals surface area contributed by atoms with Crippen LogP contribution in [0.3, 0.4) is 0 Å². The van der Waals surface area contributed by atoms with Gasteiger partial charge in [-0.05, 0) is 49.7 Å². The second-order valence-corrected chi connectivity index (χ2v) is 7.70. The van der Waals surface area contributed by atoms with Crippen LogP contribution in [0, 0.1) is 5.82 Å². The van der Waals surface area contributed by atoms with Crippen molar-refractivity contribution in [1.82, 2.24) is 19.7 Å². The zero-order chi connectivity index (χ0) is 19.7. The maximum atomic E-state index is 13.2. The zero-order valence-electron chi connectivity index (χ0n) is 14.9. The van der Waals surface area contributed by atoms with E-state index < -0.39 is 11.9 Å². The fourth-order valence-corrected chi connectivity index (χ4v) is 4.35. The monoisotopic (exact) mass is 410 g/mol. The van der Waals surface area contributed by atoms with Gasteiger partial charge in [-0.15, -0.1) is 11.3 Å². The quantitative estimate of drug-likeness (QED) is 0.568. The summed E-state index contributed by atoms with van der Waals surface area (Å²) in [5.74, 6) is -0.295. The Labute approximate surface area is 163 Å². The van der Waals surface area contributed by atoms with E-state index >= 15 is 0 Å². The van der Waals surface area contributed by atoms with Crippen LogP contribution >= 0.6 is 11.3 Å². The largest absolute Gasteiger partial charge is 0.433 e. The van der Waals surface area contributed by atoms with Gasteiger partial charge in [0.05, 0.1) is 11.7 Å². The number of benzene rings is 1. The maximum Gasteiger partial charge on any atom is 0.433 e. The zero-order valence-corrected chi connectivity index (χ0v) is 15.7. The molecule has 148 valence electrons. The van der Waals surface area contributed by atoms with Crippen LogP contribution in [-0.2, 0) is 12.7 Å². The average Bonchev–Trinajstić information content (AvgIpc) is 3.32. The molecular formula is C19H18F4N4S. The summed E-state index contributed by atoms with van der Waals surface area (Å²) in [5.41, 5.74) is 1.01. The van der Waals surface area contributed by atoms with Crippen molar-refractivity contribution in [1.29, 1.82) is 0 Å². The second kappa shape index (κ2) is 7.63. The highest BCUT2D eigenvalue weighted by Crippen LogP contribution is 2.33. The molecular weight excluding hydrogens is 392 g/mol. The first-order valence-electron chi connectivity index (χ1n) is 8.93. The lowest BCUT2D eigenvalue weighted by Crippen LogP contribution is -2.37. The number of thiazole rings is 1. The van der Waals surface area contributed by atoms with E-state index in [0.717, 1.165) is 40.0 Å². The third-order valence-corrected chi connectivity index (χ3v) is 5.76. The van der Waals surface area contributed by atoms with Crippen LogP contribution in [-0.4, -0.2) is 32.8 Å². The molecule has 4 rings (SSSR count). The molecule has 1 fully saturated rings. The van der Waals surface area contributed by atoms with Crippen LogP contribution in [0.5, 0.6) is 0 Å². The van der Waals surface area contributed by atoms with Crippen LogP contribution in [0.1, 0.15) is 30.3 Å². The number of nitrogens with zero attached hydrogens (tertiary/aromatic N) is 4. The van der Waals surface area contributed by atoms with E-state index in [9.17, 15) is 17.6 Å². The number of halogens is 4. The Bertz CT molecular complexity index is 932. The summed E-state index contributed by atoms with van der Waals surface area (Å²) in [6, 6.07) is 6.88. The molecule has 0 bridgehead atoms. The smallest absolute Gasteiger partial charge is 0.295 e. The van der Waals surface area contributed by atoms with Crippen molar-refractivity contribution in [2.45, 2.75) is 31.6 Å². The normalized spacial score (nSPS) is 18.5. The van der Waals surface area contributed by atoms with Gasteiger partial charge in [-0.3, -0.25) is 9.58 Å². The summed E-state index contributed by atoms with van der Waals surface area (Å²) >= 11 is 1.47. The number of rotatable bonds is 4. The number of likely N-dealkylation sites (tertiary alicyclic amines) is 1. The minimum Gasteiger partial charge on any atom is -0.295 e. The third kappa shape index (κ3) is 4.10. The number of piperidine rings is 1. The molecule has 0 aliphatic carbocycles. The molecule has 1 aliphatic heterocycles. The lowest BCUT2D eigenvalue weighted by Gasteiger charge is -2.33. The molecule has 1 aliphatic rings. The highest BCUT2D eigenvalue weighted by Gasteiger charge is 2.37. The minimum absolute atomic E-state index is 0.295. The molecule has 4 nitrogen and oxygen atoms in total. The fraction of sp³-hybridized carbons (Fsp3) is 0.368. The molecule has 2 aromatic heterocycles. The third-order valence-electron chi connectivity index (χ3n) is 4.82. The van der Waals surface area contributed by atoms with Gasteiger partial charge < -0.3 is 0 Å². The number of aromatic nitrogens is 3. The van der Waals surface area contributed by atoms with Crippen molar-refractivity contribution < 1.29 is 17.6 Å². The van der Waals surface area contributed by atoms with E-state index in [0.29, 0.717) is 19.5 Å². The van der Waals surface area contributed by atoms with Crippen molar-refractivity contribution in [2.75, 3.05) is 13.1 Å². The Hall–Kier alpha value is -2.26. The summed E-state index contributed by atoms with van der Waals surface area (Å²) in [6.45, 7) is 1.87. The SMILES string of the molecule is Fc1ccc(-c2nc(CN3CCCC(n4nccc4C(F)(F)F)C3)cs2)cc1. The fourth-order valence-electron chi connectivity index (χ4n) is 3.54. The van der Waals surface area contributed by atoms with Gasteiger partial charge in [0.1, 0.15) is 16.5 Å². The van der Waals surface area contributed by atoms with E-state index in [1.54, 1.807) is 12.1 Å². The number of alkyl halides is 3. The summed E-state index contributed by atoms with van der Waals surface area (Å²) in [4.78, 5) is 6.71. The van der Waals surface area contributed by atoms with E-state index in [-0.39, 0.29) is 11.9 Å². The van der Waals surface area contributed by atoms with E-state index in [1.807, 2.05) is 5.38 Å². The molecule has 0 amide bonds. The van der Waals surface area contributed by atoms with Gasteiger partial charge >= 0.3 is 6.18 Å². The predicted molar refractivity (Wildman–Crippen MR) is 98.3 cm³/mol. The lowest BCUT2D eigenvalue weighted by molar-refractivity contribution is -0.145. The Balaban J connectivity index is 1.45. The standard InChI is InChI=1S/C19H18F4N4S/c20-14-5-3-13(4-6-14)18-25-15(12-28-18)10-26-9-1-2-16(11-26)27-17(7-8-24-27)19(21,22)23/h3-8,12,16H,1-2,9-11H2. The van der Waals surface area contributed by atoms with Crippen LogP contribution < -0.4 is 0 Å². The molecule has 0 radical (unpaired) electrons. The first kappa shape index (κ1) is 19.1. The molecule has 0 N–H and O–H groups in total. The Morgan fingerprint density at radius 3 is 2.68 bits per heavy atom. The lowest BCUT2D eigenvalue weighted by atomic mass is 10.1. The Morgan fingerprint density at radius 2 is 1.93 bits per heavy atom. The molecule has 1 unspecified atom stereocenters. The van der Waals surface area contributed by atoms with Gasteiger partial charge in [-0.25, -0.2) is 9.37 Å².